The van der Waals surface area contributed by atoms with Gasteiger partial charge in [0.1, 0.15) is 6.04 Å². The van der Waals surface area contributed by atoms with Crippen molar-refractivity contribution in [2.45, 2.75) is 50.2 Å². The first-order chi connectivity index (χ1) is 21.0. The van der Waals surface area contributed by atoms with Crippen molar-refractivity contribution >= 4 is 41.0 Å². The summed E-state index contributed by atoms with van der Waals surface area (Å²) >= 11 is 5.96. The molecule has 7 nitrogen and oxygen atoms in total. The van der Waals surface area contributed by atoms with Crippen LogP contribution in [0.15, 0.2) is 66.7 Å². The highest BCUT2D eigenvalue weighted by Gasteiger charge is 2.63. The van der Waals surface area contributed by atoms with E-state index in [1.165, 1.54) is 0 Å². The van der Waals surface area contributed by atoms with E-state index < -0.39 is 59.9 Å². The maximum absolute atomic E-state index is 14.1. The van der Waals surface area contributed by atoms with Crippen molar-refractivity contribution in [2.75, 3.05) is 11.9 Å². The minimum atomic E-state index is -4.66. The molecule has 0 aromatic heterocycles. The molecule has 0 radical (unpaired) electrons. The minimum Gasteiger partial charge on any atom is -0.454 e. The molecule has 0 spiro atoms. The topological polar surface area (TPSA) is 92.8 Å². The van der Waals surface area contributed by atoms with Crippen LogP contribution < -0.4 is 5.32 Å². The van der Waals surface area contributed by atoms with Gasteiger partial charge in [0.2, 0.25) is 11.8 Å². The summed E-state index contributed by atoms with van der Waals surface area (Å²) in [4.78, 5) is 55.3. The second kappa shape index (κ2) is 11.4. The smallest absolute Gasteiger partial charge is 0.416 e. The average Bonchev–Trinajstić information content (AvgIpc) is 3.27. The molecular weight excluding hydrogens is 597 g/mol. The number of unbranched alkanes of at least 4 members (excludes halogenated alkanes) is 1. The molecule has 3 aromatic carbocycles. The Bertz CT molecular complexity index is 1560. The summed E-state index contributed by atoms with van der Waals surface area (Å²) in [6.07, 6.45) is -3.34. The van der Waals surface area contributed by atoms with E-state index >= 15 is 0 Å². The van der Waals surface area contributed by atoms with Crippen LogP contribution in [0.25, 0.3) is 0 Å². The Hall–Kier alpha value is -4.18. The van der Waals surface area contributed by atoms with Crippen molar-refractivity contribution in [3.05, 3.63) is 99.6 Å². The van der Waals surface area contributed by atoms with Gasteiger partial charge in [-0.05, 0) is 46.9 Å². The van der Waals surface area contributed by atoms with E-state index in [1.54, 1.807) is 0 Å². The average molecular weight is 625 g/mol. The van der Waals surface area contributed by atoms with Gasteiger partial charge in [-0.2, -0.15) is 13.2 Å². The van der Waals surface area contributed by atoms with Gasteiger partial charge in [0, 0.05) is 11.8 Å². The van der Waals surface area contributed by atoms with Crippen LogP contribution >= 0.6 is 11.6 Å². The van der Waals surface area contributed by atoms with E-state index in [2.05, 4.69) is 5.32 Å². The number of rotatable bonds is 8. The Kier molecular flexibility index (Phi) is 7.73. The lowest BCUT2D eigenvalue weighted by Gasteiger charge is -2.45. The number of alkyl halides is 3. The number of carbonyl (C=O) groups is 4. The predicted molar refractivity (Wildman–Crippen MR) is 155 cm³/mol. The molecule has 3 amide bonds. The fourth-order valence-electron chi connectivity index (χ4n) is 6.97. The lowest BCUT2D eigenvalue weighted by molar-refractivity contribution is -0.160. The van der Waals surface area contributed by atoms with Crippen molar-refractivity contribution in [3.63, 3.8) is 0 Å². The van der Waals surface area contributed by atoms with E-state index in [0.29, 0.717) is 18.9 Å². The van der Waals surface area contributed by atoms with Gasteiger partial charge in [0.25, 0.3) is 5.91 Å². The molecule has 7 rings (SSSR count). The monoisotopic (exact) mass is 624 g/mol. The molecule has 11 heteroatoms. The molecule has 0 saturated carbocycles. The van der Waals surface area contributed by atoms with Crippen molar-refractivity contribution in [1.82, 2.24) is 4.90 Å². The number of imide groups is 1. The number of carbonyl (C=O) groups excluding carboxylic acids is 4. The molecule has 3 aliphatic carbocycles. The molecule has 3 atom stereocenters. The first-order valence-electron chi connectivity index (χ1n) is 14.4. The molecule has 3 aromatic rings. The first kappa shape index (κ1) is 29.9. The van der Waals surface area contributed by atoms with Crippen molar-refractivity contribution in [3.8, 4) is 0 Å². The van der Waals surface area contributed by atoms with Crippen molar-refractivity contribution in [1.29, 1.82) is 0 Å². The standard InChI is InChI=1S/C33H28ClF3N2O5/c1-2-3-12-24(32(43)44-16-25(40)38-23-15-17(33(35,36)37)13-14-22(23)34)39-30(41)28-26-18-8-4-5-9-19(18)27(29(28)31(39)42)21-11-7-6-10-20(21)26/h4-11,13-15,24,26-29H,2-3,12,16H2,1H3,(H,38,40)/t24-,26?,27?,28-,29+/m1/s1. The molecule has 228 valence electrons. The van der Waals surface area contributed by atoms with E-state index in [1.807, 2.05) is 55.5 Å². The summed E-state index contributed by atoms with van der Waals surface area (Å²) < 4.78 is 44.6. The normalized spacial score (nSPS) is 22.2. The number of nitrogens with one attached hydrogen (secondary N) is 1. The van der Waals surface area contributed by atoms with Crippen molar-refractivity contribution < 1.29 is 37.1 Å². The fraction of sp³-hybridized carbons (Fsp3) is 0.333. The molecule has 44 heavy (non-hydrogen) atoms. The lowest BCUT2D eigenvalue weighted by Crippen LogP contribution is -2.47. The van der Waals surface area contributed by atoms with E-state index in [4.69, 9.17) is 16.3 Å². The van der Waals surface area contributed by atoms with E-state index in [0.717, 1.165) is 39.3 Å². The number of hydrogen-bond acceptors (Lipinski definition) is 5. The zero-order chi connectivity index (χ0) is 31.3. The highest BCUT2D eigenvalue weighted by Crippen LogP contribution is 2.61. The Morgan fingerprint density at radius 3 is 1.91 bits per heavy atom. The number of ether oxygens (including phenoxy) is 1. The van der Waals surface area contributed by atoms with Crippen LogP contribution in [0.3, 0.4) is 0 Å². The van der Waals surface area contributed by atoms with Gasteiger partial charge < -0.3 is 10.1 Å². The lowest BCUT2D eigenvalue weighted by atomic mass is 9.55. The van der Waals surface area contributed by atoms with Gasteiger partial charge in [-0.1, -0.05) is 79.9 Å². The molecule has 1 N–H and O–H groups in total. The third-order valence-corrected chi connectivity index (χ3v) is 9.14. The number of nitrogens with zero attached hydrogens (tertiary/aromatic N) is 1. The van der Waals surface area contributed by atoms with Crippen molar-refractivity contribution in [2.24, 2.45) is 11.8 Å². The quantitative estimate of drug-likeness (QED) is 0.235. The SMILES string of the molecule is CCCC[C@H](C(=O)OCC(=O)Nc1cc(C(F)(F)F)ccc1Cl)N1C(=O)[C@@H]2C3c4ccccc4C(c4ccccc43)[C@@H]2C1=O. The summed E-state index contributed by atoms with van der Waals surface area (Å²) in [5.74, 6) is -4.80. The summed E-state index contributed by atoms with van der Waals surface area (Å²) in [5, 5.41) is 2.10. The molecule has 1 fully saturated rings. The highest BCUT2D eigenvalue weighted by atomic mass is 35.5. The number of halogens is 4. The van der Waals surface area contributed by atoms with Gasteiger partial charge in [0.15, 0.2) is 6.61 Å². The predicted octanol–water partition coefficient (Wildman–Crippen LogP) is 6.29. The van der Waals surface area contributed by atoms with Gasteiger partial charge in [0.05, 0.1) is 28.1 Å². The molecular formula is C33H28ClF3N2O5. The Balaban J connectivity index is 1.23. The van der Waals surface area contributed by atoms with Crippen LogP contribution in [-0.4, -0.2) is 41.2 Å². The maximum Gasteiger partial charge on any atom is 0.416 e. The molecule has 2 bridgehead atoms. The van der Waals surface area contributed by atoms with Gasteiger partial charge in [-0.25, -0.2) is 4.79 Å². The minimum absolute atomic E-state index is 0.133. The van der Waals surface area contributed by atoms with Crippen LogP contribution in [0.5, 0.6) is 0 Å². The Morgan fingerprint density at radius 1 is 0.909 bits per heavy atom. The number of benzene rings is 3. The van der Waals surface area contributed by atoms with Gasteiger partial charge in [-0.3, -0.25) is 19.3 Å². The third kappa shape index (κ3) is 4.95. The fourth-order valence-corrected chi connectivity index (χ4v) is 7.14. The van der Waals surface area contributed by atoms with Crippen LogP contribution in [0.4, 0.5) is 18.9 Å². The zero-order valence-corrected chi connectivity index (χ0v) is 24.3. The molecule has 1 saturated heterocycles. The summed E-state index contributed by atoms with van der Waals surface area (Å²) in [6, 6.07) is 16.8. The number of hydrogen-bond donors (Lipinski definition) is 1. The molecule has 0 unspecified atom stereocenters. The Morgan fingerprint density at radius 2 is 1.43 bits per heavy atom. The van der Waals surface area contributed by atoms with Crippen LogP contribution in [-0.2, 0) is 30.1 Å². The number of amides is 3. The zero-order valence-electron chi connectivity index (χ0n) is 23.6. The number of likely N-dealkylation sites (tertiary alicyclic amines) is 1. The second-order valence-corrected chi connectivity index (χ2v) is 11.7. The summed E-state index contributed by atoms with van der Waals surface area (Å²) in [6.45, 7) is 1.05. The number of esters is 1. The summed E-state index contributed by atoms with van der Waals surface area (Å²) in [7, 11) is 0. The third-order valence-electron chi connectivity index (χ3n) is 8.81. The van der Waals surface area contributed by atoms with Gasteiger partial charge >= 0.3 is 12.1 Å². The van der Waals surface area contributed by atoms with E-state index in [-0.39, 0.29) is 29.0 Å². The van der Waals surface area contributed by atoms with Crippen LogP contribution in [0, 0.1) is 11.8 Å². The largest absolute Gasteiger partial charge is 0.454 e. The molecule has 1 aliphatic heterocycles. The second-order valence-electron chi connectivity index (χ2n) is 11.3. The highest BCUT2D eigenvalue weighted by molar-refractivity contribution is 6.33. The maximum atomic E-state index is 14.1. The van der Waals surface area contributed by atoms with Crippen LogP contribution in [0.1, 0.15) is 65.8 Å². The Labute approximate surface area is 256 Å². The van der Waals surface area contributed by atoms with Gasteiger partial charge in [-0.15, -0.1) is 0 Å². The number of anilines is 1. The summed E-state index contributed by atoms with van der Waals surface area (Å²) in [5.41, 5.74) is 2.68. The molecule has 4 aliphatic rings. The first-order valence-corrected chi connectivity index (χ1v) is 14.8. The van der Waals surface area contributed by atoms with E-state index in [9.17, 15) is 32.3 Å². The van der Waals surface area contributed by atoms with Crippen LogP contribution in [0.2, 0.25) is 5.02 Å². The molecule has 1 heterocycles.